The van der Waals surface area contributed by atoms with Gasteiger partial charge in [0, 0.05) is 19.3 Å². The van der Waals surface area contributed by atoms with Crippen molar-refractivity contribution >= 4 is 9.84 Å². The van der Waals surface area contributed by atoms with Gasteiger partial charge < -0.3 is 0 Å². The Morgan fingerprint density at radius 1 is 1.00 bits per heavy atom. The molecule has 4 N–H and O–H groups in total. The first-order valence-corrected chi connectivity index (χ1v) is 9.49. The van der Waals surface area contributed by atoms with Gasteiger partial charge in [-0.1, -0.05) is 12.1 Å². The Kier molecular flexibility index (Phi) is 3.81. The summed E-state index contributed by atoms with van der Waals surface area (Å²) in [5, 5.41) is 0. The third-order valence-corrected chi connectivity index (χ3v) is 5.98. The van der Waals surface area contributed by atoms with Crippen molar-refractivity contribution in [3.63, 3.8) is 0 Å². The standard InChI is InChI=1S/C15H24N4O2S/c1-14(6-8-16-18-14)11-4-5-12(13(10-11)22(3,20)21)15(2)7-9-17-19-15/h4-5,10,16-19H,6-9H2,1-3H3. The van der Waals surface area contributed by atoms with Crippen LogP contribution in [-0.4, -0.2) is 27.8 Å². The molecule has 3 rings (SSSR count). The van der Waals surface area contributed by atoms with Gasteiger partial charge in [-0.25, -0.2) is 19.3 Å². The van der Waals surface area contributed by atoms with Gasteiger partial charge in [-0.15, -0.1) is 0 Å². The van der Waals surface area contributed by atoms with Gasteiger partial charge in [-0.3, -0.25) is 10.9 Å². The lowest BCUT2D eigenvalue weighted by Gasteiger charge is -2.29. The zero-order chi connectivity index (χ0) is 16.0. The quantitative estimate of drug-likeness (QED) is 0.649. The van der Waals surface area contributed by atoms with Crippen LogP contribution in [0.25, 0.3) is 0 Å². The first kappa shape index (κ1) is 15.9. The van der Waals surface area contributed by atoms with Crippen LogP contribution in [0.1, 0.15) is 37.8 Å². The summed E-state index contributed by atoms with van der Waals surface area (Å²) in [5.74, 6) is 0. The van der Waals surface area contributed by atoms with Crippen molar-refractivity contribution in [1.29, 1.82) is 0 Å². The minimum absolute atomic E-state index is 0.236. The summed E-state index contributed by atoms with van der Waals surface area (Å²) in [6, 6.07) is 5.82. The van der Waals surface area contributed by atoms with E-state index < -0.39 is 9.84 Å². The molecule has 2 unspecified atom stereocenters. The summed E-state index contributed by atoms with van der Waals surface area (Å²) >= 11 is 0. The highest BCUT2D eigenvalue weighted by molar-refractivity contribution is 7.90. The third-order valence-electron chi connectivity index (χ3n) is 4.84. The Morgan fingerprint density at radius 3 is 2.09 bits per heavy atom. The number of benzene rings is 1. The second kappa shape index (κ2) is 5.28. The van der Waals surface area contributed by atoms with Gasteiger partial charge >= 0.3 is 0 Å². The smallest absolute Gasteiger partial charge is 0.175 e. The predicted octanol–water partition coefficient (Wildman–Crippen LogP) is 0.516. The van der Waals surface area contributed by atoms with Crippen molar-refractivity contribution in [2.75, 3.05) is 19.3 Å². The molecule has 0 aromatic heterocycles. The SMILES string of the molecule is CC1(c2ccc(C3(C)CCNN3)c(S(C)(=O)=O)c2)CCNN1. The van der Waals surface area contributed by atoms with E-state index in [2.05, 4.69) is 28.6 Å². The molecule has 2 saturated heterocycles. The number of nitrogens with one attached hydrogen (secondary N) is 4. The topological polar surface area (TPSA) is 82.3 Å². The van der Waals surface area contributed by atoms with E-state index in [9.17, 15) is 8.42 Å². The Balaban J connectivity index is 2.12. The maximum atomic E-state index is 12.3. The van der Waals surface area contributed by atoms with Gasteiger partial charge in [0.05, 0.1) is 16.0 Å². The van der Waals surface area contributed by atoms with E-state index in [-0.39, 0.29) is 11.1 Å². The molecule has 0 aliphatic carbocycles. The van der Waals surface area contributed by atoms with Gasteiger partial charge in [0.2, 0.25) is 0 Å². The summed E-state index contributed by atoms with van der Waals surface area (Å²) in [4.78, 5) is 0.415. The number of rotatable bonds is 3. The highest BCUT2D eigenvalue weighted by atomic mass is 32.2. The van der Waals surface area contributed by atoms with E-state index in [1.54, 1.807) is 0 Å². The fraction of sp³-hybridized carbons (Fsp3) is 0.600. The molecule has 2 aliphatic rings. The molecule has 1 aromatic rings. The van der Waals surface area contributed by atoms with Crippen LogP contribution < -0.4 is 21.7 Å². The Hall–Kier alpha value is -0.990. The van der Waals surface area contributed by atoms with Crippen molar-refractivity contribution < 1.29 is 8.42 Å². The molecular weight excluding hydrogens is 300 g/mol. The van der Waals surface area contributed by atoms with Crippen molar-refractivity contribution in [3.8, 4) is 0 Å². The second-order valence-corrected chi connectivity index (χ2v) is 8.74. The van der Waals surface area contributed by atoms with Crippen molar-refractivity contribution in [3.05, 3.63) is 29.3 Å². The van der Waals surface area contributed by atoms with Crippen LogP contribution in [0.2, 0.25) is 0 Å². The number of sulfone groups is 1. The molecule has 7 heteroatoms. The molecule has 1 aromatic carbocycles. The Morgan fingerprint density at radius 2 is 1.59 bits per heavy atom. The van der Waals surface area contributed by atoms with Gasteiger partial charge in [-0.2, -0.15) is 0 Å². The molecule has 2 aliphatic heterocycles. The zero-order valence-electron chi connectivity index (χ0n) is 13.3. The minimum atomic E-state index is -3.30. The summed E-state index contributed by atoms with van der Waals surface area (Å²) in [7, 11) is -3.30. The largest absolute Gasteiger partial charge is 0.257 e. The van der Waals surface area contributed by atoms with Crippen LogP contribution in [0.5, 0.6) is 0 Å². The van der Waals surface area contributed by atoms with Gasteiger partial charge in [-0.05, 0) is 43.9 Å². The average Bonchev–Trinajstić information content (AvgIpc) is 3.08. The summed E-state index contributed by atoms with van der Waals surface area (Å²) < 4.78 is 24.7. The molecule has 0 amide bonds. The molecule has 6 nitrogen and oxygen atoms in total. The predicted molar refractivity (Wildman–Crippen MR) is 85.8 cm³/mol. The lowest BCUT2D eigenvalue weighted by Crippen LogP contribution is -2.40. The van der Waals surface area contributed by atoms with Crippen LogP contribution in [0.3, 0.4) is 0 Å². The molecule has 2 atom stereocenters. The molecule has 0 saturated carbocycles. The summed E-state index contributed by atoms with van der Waals surface area (Å²) in [6.07, 6.45) is 3.06. The first-order valence-electron chi connectivity index (χ1n) is 7.60. The normalized spacial score (nSPS) is 32.5. The lowest BCUT2D eigenvalue weighted by molar-refractivity contribution is 0.392. The Bertz CT molecular complexity index is 675. The molecule has 2 heterocycles. The fourth-order valence-electron chi connectivity index (χ4n) is 3.31. The number of hydrogen-bond donors (Lipinski definition) is 4. The monoisotopic (exact) mass is 324 g/mol. The van der Waals surface area contributed by atoms with E-state index in [0.29, 0.717) is 4.90 Å². The van der Waals surface area contributed by atoms with Crippen LogP contribution in [0.4, 0.5) is 0 Å². The van der Waals surface area contributed by atoms with E-state index in [1.807, 2.05) is 25.1 Å². The average molecular weight is 324 g/mol. The zero-order valence-corrected chi connectivity index (χ0v) is 14.1. The minimum Gasteiger partial charge on any atom is -0.257 e. The third kappa shape index (κ3) is 2.68. The fourth-order valence-corrected chi connectivity index (χ4v) is 4.35. The second-order valence-electron chi connectivity index (χ2n) is 6.75. The van der Waals surface area contributed by atoms with Crippen LogP contribution in [0, 0.1) is 0 Å². The highest BCUT2D eigenvalue weighted by Gasteiger charge is 2.37. The van der Waals surface area contributed by atoms with Gasteiger partial charge in [0.1, 0.15) is 0 Å². The van der Waals surface area contributed by atoms with Crippen LogP contribution in [-0.2, 0) is 20.9 Å². The van der Waals surface area contributed by atoms with E-state index in [4.69, 9.17) is 0 Å². The van der Waals surface area contributed by atoms with Crippen molar-refractivity contribution in [2.24, 2.45) is 0 Å². The molecule has 22 heavy (non-hydrogen) atoms. The van der Waals surface area contributed by atoms with E-state index in [1.165, 1.54) is 6.26 Å². The molecule has 122 valence electrons. The molecular formula is C15H24N4O2S. The molecule has 0 spiro atoms. The van der Waals surface area contributed by atoms with Crippen molar-refractivity contribution in [2.45, 2.75) is 42.7 Å². The lowest BCUT2D eigenvalue weighted by atomic mass is 9.85. The van der Waals surface area contributed by atoms with E-state index in [0.717, 1.165) is 37.1 Å². The molecule has 0 bridgehead atoms. The van der Waals surface area contributed by atoms with Crippen LogP contribution >= 0.6 is 0 Å². The number of hydrazine groups is 2. The van der Waals surface area contributed by atoms with Crippen LogP contribution in [0.15, 0.2) is 23.1 Å². The maximum absolute atomic E-state index is 12.3. The number of hydrogen-bond acceptors (Lipinski definition) is 6. The molecule has 2 fully saturated rings. The summed E-state index contributed by atoms with van der Waals surface area (Å²) in [5.41, 5.74) is 13.9. The van der Waals surface area contributed by atoms with E-state index >= 15 is 0 Å². The summed E-state index contributed by atoms with van der Waals surface area (Å²) in [6.45, 7) is 5.82. The van der Waals surface area contributed by atoms with Crippen molar-refractivity contribution in [1.82, 2.24) is 21.7 Å². The van der Waals surface area contributed by atoms with Gasteiger partial charge in [0.15, 0.2) is 9.84 Å². The Labute approximate surface area is 131 Å². The first-order chi connectivity index (χ1) is 10.2. The maximum Gasteiger partial charge on any atom is 0.175 e. The van der Waals surface area contributed by atoms with Gasteiger partial charge in [0.25, 0.3) is 0 Å². The molecule has 0 radical (unpaired) electrons. The highest BCUT2D eigenvalue weighted by Crippen LogP contribution is 2.35.